The number of nitriles is 1. The SMILES string of the molecule is COCCN(C(=O)C(C#N)Cc1ccccc1)C(C)C. The van der Waals surface area contributed by atoms with E-state index in [9.17, 15) is 10.1 Å². The molecule has 0 radical (unpaired) electrons. The Labute approximate surface area is 121 Å². The Morgan fingerprint density at radius 2 is 2.00 bits per heavy atom. The summed E-state index contributed by atoms with van der Waals surface area (Å²) in [4.78, 5) is 14.2. The maximum atomic E-state index is 12.5. The van der Waals surface area contributed by atoms with Crippen molar-refractivity contribution in [2.45, 2.75) is 26.3 Å². The summed E-state index contributed by atoms with van der Waals surface area (Å²) in [7, 11) is 1.61. The van der Waals surface area contributed by atoms with Gasteiger partial charge in [-0.05, 0) is 25.8 Å². The Kier molecular flexibility index (Phi) is 6.75. The minimum atomic E-state index is -0.642. The minimum Gasteiger partial charge on any atom is -0.383 e. The molecule has 0 heterocycles. The van der Waals surface area contributed by atoms with E-state index in [4.69, 9.17) is 4.74 Å². The van der Waals surface area contributed by atoms with Crippen molar-refractivity contribution in [1.29, 1.82) is 5.26 Å². The highest BCUT2D eigenvalue weighted by atomic mass is 16.5. The smallest absolute Gasteiger partial charge is 0.240 e. The Hall–Kier alpha value is -1.86. The van der Waals surface area contributed by atoms with Gasteiger partial charge in [0.05, 0.1) is 12.7 Å². The lowest BCUT2D eigenvalue weighted by molar-refractivity contribution is -0.136. The van der Waals surface area contributed by atoms with Crippen molar-refractivity contribution in [2.75, 3.05) is 20.3 Å². The van der Waals surface area contributed by atoms with Gasteiger partial charge in [0.2, 0.25) is 5.91 Å². The first kappa shape index (κ1) is 16.2. The number of hydrogen-bond donors (Lipinski definition) is 0. The molecule has 1 aromatic rings. The number of carbonyl (C=O) groups is 1. The van der Waals surface area contributed by atoms with Crippen LogP contribution in [0.3, 0.4) is 0 Å². The van der Waals surface area contributed by atoms with Crippen LogP contribution in [0.5, 0.6) is 0 Å². The van der Waals surface area contributed by atoms with Gasteiger partial charge in [0, 0.05) is 19.7 Å². The van der Waals surface area contributed by atoms with Crippen molar-refractivity contribution >= 4 is 5.91 Å². The molecule has 0 bridgehead atoms. The third-order valence-electron chi connectivity index (χ3n) is 3.18. The highest BCUT2D eigenvalue weighted by Gasteiger charge is 2.26. The zero-order chi connectivity index (χ0) is 15.0. The first-order chi connectivity index (χ1) is 9.60. The van der Waals surface area contributed by atoms with E-state index in [0.29, 0.717) is 19.6 Å². The number of methoxy groups -OCH3 is 1. The lowest BCUT2D eigenvalue weighted by Gasteiger charge is -2.28. The summed E-state index contributed by atoms with van der Waals surface area (Å²) in [5, 5.41) is 9.29. The van der Waals surface area contributed by atoms with E-state index in [-0.39, 0.29) is 11.9 Å². The summed E-state index contributed by atoms with van der Waals surface area (Å²) < 4.78 is 5.03. The Balaban J connectivity index is 2.76. The van der Waals surface area contributed by atoms with E-state index in [0.717, 1.165) is 5.56 Å². The second-order valence-electron chi connectivity index (χ2n) is 4.99. The van der Waals surface area contributed by atoms with E-state index >= 15 is 0 Å². The molecule has 1 amide bonds. The van der Waals surface area contributed by atoms with E-state index in [1.807, 2.05) is 44.2 Å². The molecule has 0 aromatic heterocycles. The van der Waals surface area contributed by atoms with Crippen molar-refractivity contribution < 1.29 is 9.53 Å². The van der Waals surface area contributed by atoms with Gasteiger partial charge < -0.3 is 9.64 Å². The summed E-state index contributed by atoms with van der Waals surface area (Å²) in [5.41, 5.74) is 1.00. The van der Waals surface area contributed by atoms with Crippen molar-refractivity contribution in [3.63, 3.8) is 0 Å². The van der Waals surface area contributed by atoms with Crippen LogP contribution in [0, 0.1) is 17.2 Å². The molecule has 0 N–H and O–H groups in total. The van der Waals surface area contributed by atoms with Crippen LogP contribution in [-0.4, -0.2) is 37.1 Å². The minimum absolute atomic E-state index is 0.0595. The highest BCUT2D eigenvalue weighted by molar-refractivity contribution is 5.81. The molecular formula is C16H22N2O2. The van der Waals surface area contributed by atoms with Gasteiger partial charge in [-0.25, -0.2) is 0 Å². The van der Waals surface area contributed by atoms with Crippen molar-refractivity contribution in [1.82, 2.24) is 4.90 Å². The number of hydrogen-bond acceptors (Lipinski definition) is 3. The molecule has 1 unspecified atom stereocenters. The summed E-state index contributed by atoms with van der Waals surface area (Å²) >= 11 is 0. The number of rotatable bonds is 7. The van der Waals surface area contributed by atoms with Crippen molar-refractivity contribution in [3.05, 3.63) is 35.9 Å². The Morgan fingerprint density at radius 3 is 2.50 bits per heavy atom. The Morgan fingerprint density at radius 1 is 1.35 bits per heavy atom. The fraction of sp³-hybridized carbons (Fsp3) is 0.500. The third-order valence-corrected chi connectivity index (χ3v) is 3.18. The van der Waals surface area contributed by atoms with Crippen LogP contribution in [0.4, 0.5) is 0 Å². The topological polar surface area (TPSA) is 53.3 Å². The van der Waals surface area contributed by atoms with Gasteiger partial charge in [0.15, 0.2) is 0 Å². The molecule has 0 aliphatic heterocycles. The first-order valence-corrected chi connectivity index (χ1v) is 6.83. The van der Waals surface area contributed by atoms with Gasteiger partial charge >= 0.3 is 0 Å². The molecule has 0 aliphatic rings. The van der Waals surface area contributed by atoms with Gasteiger partial charge in [0.25, 0.3) is 0 Å². The number of benzene rings is 1. The lowest BCUT2D eigenvalue weighted by Crippen LogP contribution is -2.43. The van der Waals surface area contributed by atoms with Crippen molar-refractivity contribution in [2.24, 2.45) is 5.92 Å². The molecule has 0 saturated carbocycles. The fourth-order valence-corrected chi connectivity index (χ4v) is 2.05. The van der Waals surface area contributed by atoms with E-state index in [2.05, 4.69) is 6.07 Å². The summed E-state index contributed by atoms with van der Waals surface area (Å²) in [6.45, 7) is 4.89. The number of ether oxygens (including phenoxy) is 1. The van der Waals surface area contributed by atoms with Crippen LogP contribution in [0.2, 0.25) is 0 Å². The maximum Gasteiger partial charge on any atom is 0.240 e. The molecule has 0 saturated heterocycles. The van der Waals surface area contributed by atoms with E-state index in [1.54, 1.807) is 12.0 Å². The molecule has 20 heavy (non-hydrogen) atoms. The average molecular weight is 274 g/mol. The number of nitrogens with zero attached hydrogens (tertiary/aromatic N) is 2. The van der Waals surface area contributed by atoms with Crippen LogP contribution in [0.1, 0.15) is 19.4 Å². The summed E-state index contributed by atoms with van der Waals surface area (Å²) in [6.07, 6.45) is 0.451. The van der Waals surface area contributed by atoms with Crippen LogP contribution in [-0.2, 0) is 16.0 Å². The second kappa shape index (κ2) is 8.34. The van der Waals surface area contributed by atoms with Crippen LogP contribution >= 0.6 is 0 Å². The molecular weight excluding hydrogens is 252 g/mol. The van der Waals surface area contributed by atoms with Crippen LogP contribution in [0.25, 0.3) is 0 Å². The van der Waals surface area contributed by atoms with E-state index < -0.39 is 5.92 Å². The number of carbonyl (C=O) groups excluding carboxylic acids is 1. The average Bonchev–Trinajstić information content (AvgIpc) is 2.45. The third kappa shape index (κ3) is 4.67. The molecule has 4 nitrogen and oxygen atoms in total. The first-order valence-electron chi connectivity index (χ1n) is 6.83. The molecule has 0 fully saturated rings. The zero-order valence-corrected chi connectivity index (χ0v) is 12.4. The molecule has 0 aliphatic carbocycles. The summed E-state index contributed by atoms with van der Waals surface area (Å²) in [6, 6.07) is 11.8. The summed E-state index contributed by atoms with van der Waals surface area (Å²) in [5.74, 6) is -0.764. The van der Waals surface area contributed by atoms with Crippen LogP contribution in [0.15, 0.2) is 30.3 Å². The van der Waals surface area contributed by atoms with Gasteiger partial charge in [-0.2, -0.15) is 5.26 Å². The van der Waals surface area contributed by atoms with Gasteiger partial charge in [-0.1, -0.05) is 30.3 Å². The van der Waals surface area contributed by atoms with Gasteiger partial charge in [0.1, 0.15) is 5.92 Å². The van der Waals surface area contributed by atoms with E-state index in [1.165, 1.54) is 0 Å². The van der Waals surface area contributed by atoms with Gasteiger partial charge in [-0.3, -0.25) is 4.79 Å². The monoisotopic (exact) mass is 274 g/mol. The van der Waals surface area contributed by atoms with Crippen LogP contribution < -0.4 is 0 Å². The van der Waals surface area contributed by atoms with Crippen molar-refractivity contribution in [3.8, 4) is 6.07 Å². The zero-order valence-electron chi connectivity index (χ0n) is 12.4. The quantitative estimate of drug-likeness (QED) is 0.766. The lowest BCUT2D eigenvalue weighted by atomic mass is 9.99. The maximum absolute atomic E-state index is 12.5. The Bertz CT molecular complexity index is 451. The fourth-order valence-electron chi connectivity index (χ4n) is 2.05. The predicted octanol–water partition coefficient (Wildman–Crippen LogP) is 2.25. The second-order valence-corrected chi connectivity index (χ2v) is 4.99. The highest BCUT2D eigenvalue weighted by Crippen LogP contribution is 2.13. The molecule has 4 heteroatoms. The standard InChI is InChI=1S/C16H22N2O2/c1-13(2)18(9-10-20-3)16(19)15(12-17)11-14-7-5-4-6-8-14/h4-8,13,15H,9-11H2,1-3H3. The predicted molar refractivity (Wildman–Crippen MR) is 78.0 cm³/mol. The molecule has 1 aromatic carbocycles. The normalized spacial score (nSPS) is 11.9. The largest absolute Gasteiger partial charge is 0.383 e. The molecule has 108 valence electrons. The molecule has 0 spiro atoms. The number of amides is 1. The molecule has 1 rings (SSSR count). The van der Waals surface area contributed by atoms with Gasteiger partial charge in [-0.15, -0.1) is 0 Å². The molecule has 1 atom stereocenters.